The third kappa shape index (κ3) is 4.20. The van der Waals surface area contributed by atoms with Gasteiger partial charge in [0.2, 0.25) is 15.0 Å². The van der Waals surface area contributed by atoms with Gasteiger partial charge < -0.3 is 4.57 Å². The smallest absolute Gasteiger partial charge is 0.316 e. The normalized spacial score (nSPS) is 16.6. The molecule has 0 spiro atoms. The summed E-state index contributed by atoms with van der Waals surface area (Å²) in [5.74, 6) is -0.500. The van der Waals surface area contributed by atoms with Crippen LogP contribution in [0.1, 0.15) is 60.7 Å². The molecule has 0 N–H and O–H groups in total. The molecule has 1 aromatic carbocycles. The number of nitrogens with zero attached hydrogens (tertiary/aromatic N) is 2. The summed E-state index contributed by atoms with van der Waals surface area (Å²) in [5.41, 5.74) is 0.712. The average Bonchev–Trinajstić information content (AvgIpc) is 2.91. The number of alkyl halides is 3. The van der Waals surface area contributed by atoms with Crippen molar-refractivity contribution < 1.29 is 21.6 Å². The van der Waals surface area contributed by atoms with Gasteiger partial charge in [0.15, 0.2) is 0 Å². The number of hydrogen-bond donors (Lipinski definition) is 0. The molecule has 0 atom stereocenters. The summed E-state index contributed by atoms with van der Waals surface area (Å²) in [6.07, 6.45) is 0.484. The van der Waals surface area contributed by atoms with E-state index >= 15 is 0 Å². The van der Waals surface area contributed by atoms with Gasteiger partial charge in [-0.25, -0.2) is 13.4 Å². The Morgan fingerprint density at radius 3 is 2.44 bits per heavy atom. The Bertz CT molecular complexity index is 927. The summed E-state index contributed by atoms with van der Waals surface area (Å²) in [7, 11) is -3.87. The molecule has 0 unspecified atom stereocenters. The molecule has 27 heavy (non-hydrogen) atoms. The van der Waals surface area contributed by atoms with Gasteiger partial charge in [0.25, 0.3) is 0 Å². The van der Waals surface area contributed by atoms with Gasteiger partial charge in [0.1, 0.15) is 0 Å². The van der Waals surface area contributed by atoms with Crippen LogP contribution in [0, 0.1) is 13.8 Å². The second-order valence-corrected chi connectivity index (χ2v) is 9.07. The fraction of sp³-hybridized carbons (Fsp3) is 0.526. The molecular weight excluding hydrogens is 377 g/mol. The van der Waals surface area contributed by atoms with Crippen molar-refractivity contribution in [2.24, 2.45) is 0 Å². The van der Waals surface area contributed by atoms with Crippen LogP contribution in [0.15, 0.2) is 29.4 Å². The SMILES string of the molecule is Cc1nc(S(=O)(=O)Cc2cccc(C(F)(F)F)c2)n(C2CCCCC2)c1C. The fourth-order valence-corrected chi connectivity index (χ4v) is 5.32. The van der Waals surface area contributed by atoms with E-state index in [0.29, 0.717) is 5.69 Å². The molecule has 1 heterocycles. The van der Waals surface area contributed by atoms with Crippen LogP contribution in [0.25, 0.3) is 0 Å². The Labute approximate surface area is 157 Å². The molecule has 0 amide bonds. The summed E-state index contributed by atoms with van der Waals surface area (Å²) >= 11 is 0. The van der Waals surface area contributed by atoms with Crippen molar-refractivity contribution >= 4 is 9.84 Å². The molecule has 1 saturated carbocycles. The number of imidazole rings is 1. The molecule has 1 aliphatic carbocycles. The Hall–Kier alpha value is -1.83. The number of halogens is 3. The van der Waals surface area contributed by atoms with E-state index < -0.39 is 27.3 Å². The van der Waals surface area contributed by atoms with Crippen molar-refractivity contribution in [1.82, 2.24) is 9.55 Å². The Kier molecular flexibility index (Phi) is 5.38. The lowest BCUT2D eigenvalue weighted by Crippen LogP contribution is -2.20. The lowest BCUT2D eigenvalue weighted by Gasteiger charge is -2.26. The Morgan fingerprint density at radius 2 is 1.81 bits per heavy atom. The van der Waals surface area contributed by atoms with Crippen LogP contribution >= 0.6 is 0 Å². The van der Waals surface area contributed by atoms with Gasteiger partial charge in [-0.2, -0.15) is 13.2 Å². The Balaban J connectivity index is 1.97. The van der Waals surface area contributed by atoms with E-state index in [2.05, 4.69) is 4.98 Å². The quantitative estimate of drug-likeness (QED) is 0.726. The summed E-state index contributed by atoms with van der Waals surface area (Å²) in [6.45, 7) is 3.61. The highest BCUT2D eigenvalue weighted by molar-refractivity contribution is 7.90. The zero-order chi connectivity index (χ0) is 19.8. The maximum absolute atomic E-state index is 13.0. The minimum atomic E-state index is -4.51. The van der Waals surface area contributed by atoms with Gasteiger partial charge in [0.05, 0.1) is 17.0 Å². The van der Waals surface area contributed by atoms with E-state index in [9.17, 15) is 21.6 Å². The highest BCUT2D eigenvalue weighted by Crippen LogP contribution is 2.34. The van der Waals surface area contributed by atoms with Crippen LogP contribution in [0.2, 0.25) is 0 Å². The van der Waals surface area contributed by atoms with Crippen LogP contribution in [0.4, 0.5) is 13.2 Å². The van der Waals surface area contributed by atoms with E-state index in [1.807, 2.05) is 6.92 Å². The topological polar surface area (TPSA) is 52.0 Å². The van der Waals surface area contributed by atoms with Crippen molar-refractivity contribution in [3.05, 3.63) is 46.8 Å². The van der Waals surface area contributed by atoms with Crippen molar-refractivity contribution in [2.45, 2.75) is 69.1 Å². The highest BCUT2D eigenvalue weighted by atomic mass is 32.2. The zero-order valence-corrected chi connectivity index (χ0v) is 16.2. The number of aryl methyl sites for hydroxylation is 1. The van der Waals surface area contributed by atoms with Gasteiger partial charge in [-0.15, -0.1) is 0 Å². The van der Waals surface area contributed by atoms with Crippen molar-refractivity contribution in [1.29, 1.82) is 0 Å². The molecule has 8 heteroatoms. The second kappa shape index (κ2) is 7.30. The molecule has 1 fully saturated rings. The molecule has 1 aliphatic rings. The van der Waals surface area contributed by atoms with Crippen molar-refractivity contribution in [2.75, 3.05) is 0 Å². The summed E-state index contributed by atoms with van der Waals surface area (Å²) < 4.78 is 66.6. The largest absolute Gasteiger partial charge is 0.416 e. The van der Waals surface area contributed by atoms with E-state index in [1.165, 1.54) is 12.1 Å². The number of sulfone groups is 1. The maximum Gasteiger partial charge on any atom is 0.416 e. The first-order valence-corrected chi connectivity index (χ1v) is 10.7. The zero-order valence-electron chi connectivity index (χ0n) is 15.4. The predicted octanol–water partition coefficient (Wildman–Crippen LogP) is 5.00. The fourth-order valence-electron chi connectivity index (χ4n) is 3.71. The van der Waals surface area contributed by atoms with Crippen LogP contribution in [0.3, 0.4) is 0 Å². The van der Waals surface area contributed by atoms with Crippen LogP contribution in [0.5, 0.6) is 0 Å². The molecule has 0 radical (unpaired) electrons. The third-order valence-corrected chi connectivity index (χ3v) is 6.74. The first-order valence-electron chi connectivity index (χ1n) is 9.04. The van der Waals surface area contributed by atoms with Gasteiger partial charge >= 0.3 is 6.18 Å². The standard InChI is InChI=1S/C19H23F3N2O2S/c1-13-14(2)24(17-9-4-3-5-10-17)18(23-13)27(25,26)12-15-7-6-8-16(11-15)19(20,21)22/h6-8,11,17H,3-5,9-10,12H2,1-2H3. The molecule has 4 nitrogen and oxygen atoms in total. The molecule has 148 valence electrons. The monoisotopic (exact) mass is 400 g/mol. The molecule has 1 aromatic heterocycles. The minimum absolute atomic E-state index is 0.0261. The van der Waals surface area contributed by atoms with Gasteiger partial charge in [-0.05, 0) is 38.3 Å². The van der Waals surface area contributed by atoms with Crippen LogP contribution < -0.4 is 0 Å². The molecule has 0 aliphatic heterocycles. The number of rotatable bonds is 4. The van der Waals surface area contributed by atoms with Gasteiger partial charge in [-0.3, -0.25) is 0 Å². The summed E-state index contributed by atoms with van der Waals surface area (Å²) in [5, 5.41) is -0.0261. The van der Waals surface area contributed by atoms with Crippen molar-refractivity contribution in [3.8, 4) is 0 Å². The van der Waals surface area contributed by atoms with E-state index in [-0.39, 0.29) is 16.8 Å². The first kappa shape index (κ1) is 19.9. The molecule has 0 bridgehead atoms. The van der Waals surface area contributed by atoms with E-state index in [1.54, 1.807) is 11.5 Å². The Morgan fingerprint density at radius 1 is 1.15 bits per heavy atom. The van der Waals surface area contributed by atoms with Crippen molar-refractivity contribution in [3.63, 3.8) is 0 Å². The van der Waals surface area contributed by atoms with Crippen LogP contribution in [-0.2, 0) is 21.8 Å². The molecular formula is C19H23F3N2O2S. The molecule has 3 rings (SSSR count). The second-order valence-electron chi connectivity index (χ2n) is 7.18. The number of hydrogen-bond acceptors (Lipinski definition) is 3. The predicted molar refractivity (Wildman–Crippen MR) is 96.2 cm³/mol. The summed E-state index contributed by atoms with van der Waals surface area (Å²) in [4.78, 5) is 4.28. The maximum atomic E-state index is 13.0. The first-order chi connectivity index (χ1) is 12.6. The highest BCUT2D eigenvalue weighted by Gasteiger charge is 2.32. The lowest BCUT2D eigenvalue weighted by atomic mass is 9.95. The van der Waals surface area contributed by atoms with E-state index in [4.69, 9.17) is 0 Å². The van der Waals surface area contributed by atoms with Crippen LogP contribution in [-0.4, -0.2) is 18.0 Å². The lowest BCUT2D eigenvalue weighted by molar-refractivity contribution is -0.137. The minimum Gasteiger partial charge on any atom is -0.316 e. The number of benzene rings is 1. The van der Waals surface area contributed by atoms with E-state index in [0.717, 1.165) is 49.9 Å². The molecule has 0 saturated heterocycles. The number of aromatic nitrogens is 2. The van der Waals surface area contributed by atoms with Gasteiger partial charge in [-0.1, -0.05) is 37.5 Å². The average molecular weight is 400 g/mol. The van der Waals surface area contributed by atoms with Gasteiger partial charge in [0, 0.05) is 11.7 Å². The third-order valence-electron chi connectivity index (χ3n) is 5.18. The molecule has 2 aromatic rings. The summed E-state index contributed by atoms with van der Waals surface area (Å²) in [6, 6.07) is 4.54.